The van der Waals surface area contributed by atoms with E-state index in [0.717, 1.165) is 32.5 Å². The van der Waals surface area contributed by atoms with Gasteiger partial charge in [0.15, 0.2) is 0 Å². The molecule has 5 nitrogen and oxygen atoms in total. The highest BCUT2D eigenvalue weighted by atomic mass is 16.6. The number of benzene rings is 1. The van der Waals surface area contributed by atoms with E-state index in [-0.39, 0.29) is 12.1 Å². The molecule has 1 aliphatic rings. The molecular formula is C21H35N3O2. The smallest absolute Gasteiger partial charge is 0.407 e. The predicted molar refractivity (Wildman–Crippen MR) is 108 cm³/mol. The fraction of sp³-hybridized carbons (Fsp3) is 0.667. The van der Waals surface area contributed by atoms with Crippen LogP contribution in [-0.2, 0) is 11.3 Å². The van der Waals surface area contributed by atoms with Gasteiger partial charge in [0.1, 0.15) is 5.60 Å². The normalized spacial score (nSPS) is 16.6. The Hall–Kier alpha value is -1.75. The van der Waals surface area contributed by atoms with Crippen LogP contribution in [0, 0.1) is 0 Å². The number of amides is 1. The maximum atomic E-state index is 11.9. The molecule has 1 aromatic rings. The number of ether oxygens (including phenoxy) is 1. The molecule has 0 atom stereocenters. The largest absolute Gasteiger partial charge is 0.444 e. The SMILES string of the molecule is CC(C)N(C)c1ccccc1CN1CCC(NC(=O)OC(C)(C)C)CC1. The van der Waals surface area contributed by atoms with Gasteiger partial charge in [-0.1, -0.05) is 18.2 Å². The Bertz CT molecular complexity index is 587. The van der Waals surface area contributed by atoms with E-state index in [9.17, 15) is 4.79 Å². The minimum atomic E-state index is -0.447. The summed E-state index contributed by atoms with van der Waals surface area (Å²) in [6.45, 7) is 13.0. The Kier molecular flexibility index (Phi) is 6.93. The summed E-state index contributed by atoms with van der Waals surface area (Å²) in [6.07, 6.45) is 1.61. The van der Waals surface area contributed by atoms with Crippen LogP contribution < -0.4 is 10.2 Å². The summed E-state index contributed by atoms with van der Waals surface area (Å²) in [5.74, 6) is 0. The van der Waals surface area contributed by atoms with Gasteiger partial charge in [0.25, 0.3) is 0 Å². The summed E-state index contributed by atoms with van der Waals surface area (Å²) >= 11 is 0. The van der Waals surface area contributed by atoms with Crippen LogP contribution in [0.15, 0.2) is 24.3 Å². The fourth-order valence-corrected chi connectivity index (χ4v) is 3.22. The number of carbonyl (C=O) groups excluding carboxylic acids is 1. The number of anilines is 1. The van der Waals surface area contributed by atoms with E-state index in [0.29, 0.717) is 6.04 Å². The summed E-state index contributed by atoms with van der Waals surface area (Å²) in [5, 5.41) is 3.01. The summed E-state index contributed by atoms with van der Waals surface area (Å²) in [4.78, 5) is 16.7. The first kappa shape index (κ1) is 20.6. The number of nitrogens with zero attached hydrogens (tertiary/aromatic N) is 2. The lowest BCUT2D eigenvalue weighted by molar-refractivity contribution is 0.0477. The molecule has 0 unspecified atom stereocenters. The van der Waals surface area contributed by atoms with Gasteiger partial charge in [-0.25, -0.2) is 4.79 Å². The van der Waals surface area contributed by atoms with Crippen LogP contribution in [0.3, 0.4) is 0 Å². The molecule has 0 radical (unpaired) electrons. The van der Waals surface area contributed by atoms with Crippen molar-refractivity contribution in [3.05, 3.63) is 29.8 Å². The van der Waals surface area contributed by atoms with Crippen molar-refractivity contribution in [2.24, 2.45) is 0 Å². The highest BCUT2D eigenvalue weighted by Gasteiger charge is 2.24. The monoisotopic (exact) mass is 361 g/mol. The van der Waals surface area contributed by atoms with Gasteiger partial charge in [-0.15, -0.1) is 0 Å². The van der Waals surface area contributed by atoms with Crippen molar-refractivity contribution in [2.75, 3.05) is 25.0 Å². The third kappa shape index (κ3) is 6.20. The Labute approximate surface area is 158 Å². The molecule has 0 bridgehead atoms. The number of piperidine rings is 1. The number of carbonyl (C=O) groups is 1. The van der Waals surface area contributed by atoms with E-state index in [4.69, 9.17) is 4.74 Å². The van der Waals surface area contributed by atoms with Crippen molar-refractivity contribution >= 4 is 11.8 Å². The quantitative estimate of drug-likeness (QED) is 0.860. The third-order valence-corrected chi connectivity index (χ3v) is 4.85. The van der Waals surface area contributed by atoms with Crippen molar-refractivity contribution in [2.45, 2.75) is 71.7 Å². The molecule has 0 saturated carbocycles. The summed E-state index contributed by atoms with van der Waals surface area (Å²) in [6, 6.07) is 9.32. The number of alkyl carbamates (subject to hydrolysis) is 1. The van der Waals surface area contributed by atoms with Crippen molar-refractivity contribution in [3.8, 4) is 0 Å². The molecule has 1 amide bonds. The van der Waals surface area contributed by atoms with Crippen LogP contribution in [0.2, 0.25) is 0 Å². The Morgan fingerprint density at radius 1 is 1.27 bits per heavy atom. The Morgan fingerprint density at radius 2 is 1.88 bits per heavy atom. The zero-order valence-electron chi connectivity index (χ0n) is 17.2. The Balaban J connectivity index is 1.87. The van der Waals surface area contributed by atoms with E-state index < -0.39 is 5.60 Å². The van der Waals surface area contributed by atoms with Crippen LogP contribution in [0.5, 0.6) is 0 Å². The maximum Gasteiger partial charge on any atom is 0.407 e. The van der Waals surface area contributed by atoms with Gasteiger partial charge in [0.05, 0.1) is 0 Å². The number of likely N-dealkylation sites (tertiary alicyclic amines) is 1. The van der Waals surface area contributed by atoms with Gasteiger partial charge >= 0.3 is 6.09 Å². The molecule has 1 heterocycles. The van der Waals surface area contributed by atoms with Gasteiger partial charge in [-0.05, 0) is 59.1 Å². The second kappa shape index (κ2) is 8.76. The fourth-order valence-electron chi connectivity index (χ4n) is 3.22. The lowest BCUT2D eigenvalue weighted by Crippen LogP contribution is -2.46. The number of nitrogens with one attached hydrogen (secondary N) is 1. The second-order valence-corrected chi connectivity index (χ2v) is 8.53. The van der Waals surface area contributed by atoms with E-state index in [1.165, 1.54) is 11.3 Å². The third-order valence-electron chi connectivity index (χ3n) is 4.85. The van der Waals surface area contributed by atoms with Gasteiger partial charge in [0, 0.05) is 44.5 Å². The van der Waals surface area contributed by atoms with Crippen LogP contribution in [0.25, 0.3) is 0 Å². The Morgan fingerprint density at radius 3 is 2.46 bits per heavy atom. The van der Waals surface area contributed by atoms with Crippen LogP contribution in [0.1, 0.15) is 53.0 Å². The molecule has 0 aromatic heterocycles. The van der Waals surface area contributed by atoms with Crippen molar-refractivity contribution in [1.29, 1.82) is 0 Å². The number of hydrogen-bond acceptors (Lipinski definition) is 4. The van der Waals surface area contributed by atoms with Gasteiger partial charge in [-0.2, -0.15) is 0 Å². The summed E-state index contributed by atoms with van der Waals surface area (Å²) in [5.41, 5.74) is 2.22. The lowest BCUT2D eigenvalue weighted by atomic mass is 10.0. The van der Waals surface area contributed by atoms with Crippen LogP contribution in [0.4, 0.5) is 10.5 Å². The summed E-state index contributed by atoms with van der Waals surface area (Å²) < 4.78 is 5.36. The first-order valence-corrected chi connectivity index (χ1v) is 9.68. The molecule has 2 rings (SSSR count). The minimum absolute atomic E-state index is 0.203. The highest BCUT2D eigenvalue weighted by molar-refractivity contribution is 5.68. The average Bonchev–Trinajstić information content (AvgIpc) is 2.54. The summed E-state index contributed by atoms with van der Waals surface area (Å²) in [7, 11) is 2.15. The molecule has 0 spiro atoms. The van der Waals surface area contributed by atoms with Crippen LogP contribution in [-0.4, -0.2) is 48.8 Å². The number of para-hydroxylation sites is 1. The molecule has 1 fully saturated rings. The van der Waals surface area contributed by atoms with Crippen molar-refractivity contribution in [1.82, 2.24) is 10.2 Å². The molecule has 146 valence electrons. The van der Waals surface area contributed by atoms with Crippen molar-refractivity contribution in [3.63, 3.8) is 0 Å². The second-order valence-electron chi connectivity index (χ2n) is 8.53. The molecular weight excluding hydrogens is 326 g/mol. The molecule has 1 aromatic carbocycles. The molecule has 1 N–H and O–H groups in total. The lowest BCUT2D eigenvalue weighted by Gasteiger charge is -2.34. The molecule has 26 heavy (non-hydrogen) atoms. The van der Waals surface area contributed by atoms with E-state index in [2.05, 4.69) is 60.3 Å². The maximum absolute atomic E-state index is 11.9. The predicted octanol–water partition coefficient (Wildman–Crippen LogP) is 4.02. The molecule has 1 saturated heterocycles. The first-order chi connectivity index (χ1) is 12.2. The number of rotatable bonds is 5. The molecule has 5 heteroatoms. The zero-order valence-corrected chi connectivity index (χ0v) is 17.2. The molecule has 0 aliphatic carbocycles. The standard InChI is InChI=1S/C21H35N3O2/c1-16(2)23(6)19-10-8-7-9-17(19)15-24-13-11-18(12-14-24)22-20(25)26-21(3,4)5/h7-10,16,18H,11-15H2,1-6H3,(H,22,25). The first-order valence-electron chi connectivity index (χ1n) is 9.68. The van der Waals surface area contributed by atoms with Gasteiger partial charge < -0.3 is 15.0 Å². The van der Waals surface area contributed by atoms with Crippen LogP contribution >= 0.6 is 0 Å². The molecule has 1 aliphatic heterocycles. The van der Waals surface area contributed by atoms with E-state index >= 15 is 0 Å². The van der Waals surface area contributed by atoms with E-state index in [1.54, 1.807) is 0 Å². The van der Waals surface area contributed by atoms with Crippen molar-refractivity contribution < 1.29 is 9.53 Å². The zero-order chi connectivity index (χ0) is 19.3. The minimum Gasteiger partial charge on any atom is -0.444 e. The van der Waals surface area contributed by atoms with Gasteiger partial charge in [-0.3, -0.25) is 4.90 Å². The highest BCUT2D eigenvalue weighted by Crippen LogP contribution is 2.24. The number of hydrogen-bond donors (Lipinski definition) is 1. The average molecular weight is 362 g/mol. The topological polar surface area (TPSA) is 44.8 Å². The van der Waals surface area contributed by atoms with E-state index in [1.807, 2.05) is 20.8 Å². The van der Waals surface area contributed by atoms with Gasteiger partial charge in [0.2, 0.25) is 0 Å².